The number of carbonyl (C=O) groups is 1. The number of hydrogen-bond donors (Lipinski definition) is 1. The van der Waals surface area contributed by atoms with Crippen molar-refractivity contribution < 1.29 is 18.0 Å². The van der Waals surface area contributed by atoms with Gasteiger partial charge in [-0.25, -0.2) is 0 Å². The minimum absolute atomic E-state index is 0. The molecule has 0 bridgehead atoms. The number of nitrogens with zero attached hydrogens (tertiary/aromatic N) is 1. The number of halogens is 4. The fourth-order valence-corrected chi connectivity index (χ4v) is 2.73. The molecule has 0 aliphatic rings. The highest BCUT2D eigenvalue weighted by Crippen LogP contribution is 2.32. The third kappa shape index (κ3) is 5.22. The Labute approximate surface area is 157 Å². The van der Waals surface area contributed by atoms with Crippen molar-refractivity contribution in [3.8, 4) is 0 Å². The predicted octanol–water partition coefficient (Wildman–Crippen LogP) is 4.42. The number of hydrogen-bond acceptors (Lipinski definition) is 2. The summed E-state index contributed by atoms with van der Waals surface area (Å²) in [5.41, 5.74) is 6.29. The Hall–Kier alpha value is -2.05. The van der Waals surface area contributed by atoms with Crippen LogP contribution in [0.2, 0.25) is 0 Å². The largest absolute Gasteiger partial charge is 0.416 e. The van der Waals surface area contributed by atoms with E-state index in [0.717, 1.165) is 11.6 Å². The minimum Gasteiger partial charge on any atom is -0.341 e. The number of benzene rings is 2. The first-order valence-electron chi connectivity index (χ1n) is 7.92. The monoisotopic (exact) mass is 386 g/mol. The lowest BCUT2D eigenvalue weighted by atomic mass is 9.94. The van der Waals surface area contributed by atoms with E-state index in [9.17, 15) is 18.0 Å². The smallest absolute Gasteiger partial charge is 0.341 e. The summed E-state index contributed by atoms with van der Waals surface area (Å²) in [5.74, 6) is -0.848. The lowest BCUT2D eigenvalue weighted by Gasteiger charge is -2.26. The molecule has 26 heavy (non-hydrogen) atoms. The Morgan fingerprint density at radius 1 is 1.08 bits per heavy atom. The second-order valence-corrected chi connectivity index (χ2v) is 6.07. The van der Waals surface area contributed by atoms with Crippen LogP contribution >= 0.6 is 12.4 Å². The summed E-state index contributed by atoms with van der Waals surface area (Å²) in [4.78, 5) is 13.9. The molecule has 2 aromatic rings. The lowest BCUT2D eigenvalue weighted by molar-refractivity contribution is -0.140. The normalized spacial score (nSPS) is 13.5. The molecular formula is C19H22ClF3N2O. The summed E-state index contributed by atoms with van der Waals surface area (Å²) in [6, 6.07) is 13.9. The first-order chi connectivity index (χ1) is 11.7. The average molecular weight is 387 g/mol. The van der Waals surface area contributed by atoms with Crippen LogP contribution in [0.3, 0.4) is 0 Å². The Balaban J connectivity index is 0.00000338. The van der Waals surface area contributed by atoms with Gasteiger partial charge in [-0.2, -0.15) is 13.2 Å². The molecule has 2 atom stereocenters. The third-order valence-corrected chi connectivity index (χ3v) is 4.22. The zero-order valence-electron chi connectivity index (χ0n) is 14.5. The molecule has 0 spiro atoms. The fourth-order valence-electron chi connectivity index (χ4n) is 2.73. The summed E-state index contributed by atoms with van der Waals surface area (Å²) >= 11 is 0. The van der Waals surface area contributed by atoms with Crippen molar-refractivity contribution in [3.63, 3.8) is 0 Å². The van der Waals surface area contributed by atoms with Gasteiger partial charge in [0.25, 0.3) is 0 Å². The maximum absolute atomic E-state index is 13.1. The molecule has 0 aliphatic heterocycles. The molecule has 7 heteroatoms. The molecule has 0 saturated carbocycles. The first-order valence-corrected chi connectivity index (χ1v) is 7.92. The first kappa shape index (κ1) is 22.0. The maximum Gasteiger partial charge on any atom is 0.416 e. The van der Waals surface area contributed by atoms with Crippen LogP contribution in [0.4, 0.5) is 13.2 Å². The van der Waals surface area contributed by atoms with Crippen LogP contribution in [0.15, 0.2) is 54.6 Å². The van der Waals surface area contributed by atoms with Crippen molar-refractivity contribution in [3.05, 3.63) is 71.3 Å². The van der Waals surface area contributed by atoms with Gasteiger partial charge in [0.05, 0.1) is 11.5 Å². The predicted molar refractivity (Wildman–Crippen MR) is 97.7 cm³/mol. The van der Waals surface area contributed by atoms with E-state index in [1.54, 1.807) is 6.92 Å². The SMILES string of the molecule is CC(C(=O)N(C)Cc1ccccc1C(F)(F)F)C(N)c1ccccc1.Cl. The molecule has 1 amide bonds. The minimum atomic E-state index is -4.45. The topological polar surface area (TPSA) is 46.3 Å². The Bertz CT molecular complexity index is 722. The van der Waals surface area contributed by atoms with E-state index in [2.05, 4.69) is 0 Å². The number of alkyl halides is 3. The van der Waals surface area contributed by atoms with Crippen molar-refractivity contribution in [2.75, 3.05) is 7.05 Å². The van der Waals surface area contributed by atoms with E-state index in [-0.39, 0.29) is 30.4 Å². The van der Waals surface area contributed by atoms with Gasteiger partial charge in [-0.05, 0) is 17.2 Å². The highest BCUT2D eigenvalue weighted by atomic mass is 35.5. The Morgan fingerprint density at radius 3 is 2.19 bits per heavy atom. The highest BCUT2D eigenvalue weighted by Gasteiger charge is 2.34. The van der Waals surface area contributed by atoms with Gasteiger partial charge in [0.15, 0.2) is 0 Å². The number of rotatable bonds is 5. The van der Waals surface area contributed by atoms with Crippen molar-refractivity contribution in [1.29, 1.82) is 0 Å². The van der Waals surface area contributed by atoms with Gasteiger partial charge in [0.2, 0.25) is 5.91 Å². The highest BCUT2D eigenvalue weighted by molar-refractivity contribution is 5.85. The number of amides is 1. The molecule has 2 aromatic carbocycles. The summed E-state index contributed by atoms with van der Waals surface area (Å²) in [7, 11) is 1.49. The van der Waals surface area contributed by atoms with E-state index >= 15 is 0 Å². The standard InChI is InChI=1S/C19H21F3N2O.ClH/c1-13(17(23)14-8-4-3-5-9-14)18(25)24(2)12-15-10-6-7-11-16(15)19(20,21)22;/h3-11,13,17H,12,23H2,1-2H3;1H. The summed E-state index contributed by atoms with van der Waals surface area (Å²) in [5, 5.41) is 0. The molecule has 2 rings (SSSR count). The molecule has 2 N–H and O–H groups in total. The molecule has 0 fully saturated rings. The maximum atomic E-state index is 13.1. The third-order valence-electron chi connectivity index (χ3n) is 4.22. The molecule has 0 aromatic heterocycles. The van der Waals surface area contributed by atoms with Gasteiger partial charge in [-0.15, -0.1) is 12.4 Å². The van der Waals surface area contributed by atoms with E-state index in [1.807, 2.05) is 30.3 Å². The van der Waals surface area contributed by atoms with Crippen LogP contribution in [0.5, 0.6) is 0 Å². The summed E-state index contributed by atoms with van der Waals surface area (Å²) in [6.07, 6.45) is -4.45. The van der Waals surface area contributed by atoms with Crippen LogP contribution in [0.1, 0.15) is 29.7 Å². The molecule has 2 unspecified atom stereocenters. The van der Waals surface area contributed by atoms with Gasteiger partial charge in [0.1, 0.15) is 0 Å². The lowest BCUT2D eigenvalue weighted by Crippen LogP contribution is -2.37. The van der Waals surface area contributed by atoms with Gasteiger partial charge in [0, 0.05) is 19.6 Å². The fraction of sp³-hybridized carbons (Fsp3) is 0.316. The van der Waals surface area contributed by atoms with Crippen LogP contribution in [0, 0.1) is 5.92 Å². The Morgan fingerprint density at radius 2 is 1.62 bits per heavy atom. The average Bonchev–Trinajstić information content (AvgIpc) is 2.60. The summed E-state index contributed by atoms with van der Waals surface area (Å²) < 4.78 is 39.3. The van der Waals surface area contributed by atoms with Crippen molar-refractivity contribution in [2.45, 2.75) is 25.7 Å². The van der Waals surface area contributed by atoms with E-state index in [1.165, 1.54) is 30.1 Å². The molecule has 0 radical (unpaired) electrons. The van der Waals surface area contributed by atoms with Crippen molar-refractivity contribution >= 4 is 18.3 Å². The molecule has 0 aliphatic carbocycles. The van der Waals surface area contributed by atoms with E-state index < -0.39 is 23.7 Å². The molecular weight excluding hydrogens is 365 g/mol. The van der Waals surface area contributed by atoms with Gasteiger partial charge >= 0.3 is 6.18 Å². The number of carbonyl (C=O) groups excluding carboxylic acids is 1. The molecule has 0 heterocycles. The Kier molecular flexibility index (Phi) is 7.66. The second-order valence-electron chi connectivity index (χ2n) is 6.07. The summed E-state index contributed by atoms with van der Waals surface area (Å²) in [6.45, 7) is 1.56. The van der Waals surface area contributed by atoms with Gasteiger partial charge in [-0.3, -0.25) is 4.79 Å². The molecule has 0 saturated heterocycles. The van der Waals surface area contributed by atoms with Crippen molar-refractivity contribution in [2.24, 2.45) is 11.7 Å². The van der Waals surface area contributed by atoms with Crippen LogP contribution in [-0.2, 0) is 17.5 Å². The second kappa shape index (κ2) is 9.05. The van der Waals surface area contributed by atoms with Gasteiger partial charge < -0.3 is 10.6 Å². The van der Waals surface area contributed by atoms with Crippen LogP contribution in [0.25, 0.3) is 0 Å². The quantitative estimate of drug-likeness (QED) is 0.826. The molecule has 142 valence electrons. The van der Waals surface area contributed by atoms with E-state index in [0.29, 0.717) is 0 Å². The van der Waals surface area contributed by atoms with E-state index in [4.69, 9.17) is 5.73 Å². The molecule has 3 nitrogen and oxygen atoms in total. The number of nitrogens with two attached hydrogens (primary N) is 1. The van der Waals surface area contributed by atoms with Crippen molar-refractivity contribution in [1.82, 2.24) is 4.90 Å². The van der Waals surface area contributed by atoms with Crippen LogP contribution < -0.4 is 5.73 Å². The van der Waals surface area contributed by atoms with Gasteiger partial charge in [-0.1, -0.05) is 55.5 Å². The zero-order valence-corrected chi connectivity index (χ0v) is 15.3. The zero-order chi connectivity index (χ0) is 18.6. The van der Waals surface area contributed by atoms with Crippen LogP contribution in [-0.4, -0.2) is 17.9 Å².